The minimum atomic E-state index is -0.121. The number of morpholine rings is 1. The van der Waals surface area contributed by atoms with Crippen molar-refractivity contribution in [1.29, 1.82) is 0 Å². The summed E-state index contributed by atoms with van der Waals surface area (Å²) in [5.74, 6) is 0.0556. The van der Waals surface area contributed by atoms with Gasteiger partial charge in [0.05, 0.1) is 18.8 Å². The van der Waals surface area contributed by atoms with Gasteiger partial charge in [-0.1, -0.05) is 0 Å². The molecule has 2 aliphatic rings. The van der Waals surface area contributed by atoms with Gasteiger partial charge in [0.15, 0.2) is 0 Å². The molecule has 1 aliphatic carbocycles. The molecule has 0 spiro atoms. The first-order valence-corrected chi connectivity index (χ1v) is 9.25. The third kappa shape index (κ3) is 4.95. The Balaban J connectivity index is 1.62. The highest BCUT2D eigenvalue weighted by molar-refractivity contribution is 6.02. The summed E-state index contributed by atoms with van der Waals surface area (Å²) in [7, 11) is 3.81. The SMILES string of the molecule is CN(C)c1ccc(NC(=O)C2CC2)cc1C(=O)NCCN1CCOCC1. The Labute approximate surface area is 154 Å². The molecule has 2 amide bonds. The summed E-state index contributed by atoms with van der Waals surface area (Å²) in [5.41, 5.74) is 2.08. The fourth-order valence-corrected chi connectivity index (χ4v) is 3.02. The Hall–Kier alpha value is -2.12. The molecule has 7 nitrogen and oxygen atoms in total. The van der Waals surface area contributed by atoms with Crippen molar-refractivity contribution < 1.29 is 14.3 Å². The number of carbonyl (C=O) groups is 2. The molecule has 26 heavy (non-hydrogen) atoms. The van der Waals surface area contributed by atoms with Gasteiger partial charge in [-0.3, -0.25) is 14.5 Å². The van der Waals surface area contributed by atoms with Crippen molar-refractivity contribution in [3.8, 4) is 0 Å². The lowest BCUT2D eigenvalue weighted by Gasteiger charge is -2.26. The summed E-state index contributed by atoms with van der Waals surface area (Å²) in [6.07, 6.45) is 1.91. The van der Waals surface area contributed by atoms with Crippen molar-refractivity contribution in [2.24, 2.45) is 5.92 Å². The van der Waals surface area contributed by atoms with Crippen LogP contribution in [0.15, 0.2) is 18.2 Å². The second-order valence-corrected chi connectivity index (χ2v) is 7.10. The van der Waals surface area contributed by atoms with Crippen LogP contribution < -0.4 is 15.5 Å². The normalized spacial score (nSPS) is 17.6. The number of amides is 2. The maximum atomic E-state index is 12.7. The Kier molecular flexibility index (Phi) is 6.11. The van der Waals surface area contributed by atoms with Crippen molar-refractivity contribution in [3.05, 3.63) is 23.8 Å². The summed E-state index contributed by atoms with van der Waals surface area (Å²) >= 11 is 0. The molecular formula is C19H28N4O3. The van der Waals surface area contributed by atoms with Crippen LogP contribution in [0.2, 0.25) is 0 Å². The van der Waals surface area contributed by atoms with Crippen LogP contribution in [0.5, 0.6) is 0 Å². The molecule has 1 aromatic rings. The first-order valence-electron chi connectivity index (χ1n) is 9.25. The third-order valence-electron chi connectivity index (χ3n) is 4.76. The molecule has 0 aromatic heterocycles. The van der Waals surface area contributed by atoms with Gasteiger partial charge in [-0.15, -0.1) is 0 Å². The van der Waals surface area contributed by atoms with E-state index in [0.717, 1.165) is 51.4 Å². The van der Waals surface area contributed by atoms with Crippen LogP contribution in [-0.4, -0.2) is 70.2 Å². The van der Waals surface area contributed by atoms with Crippen molar-refractivity contribution in [3.63, 3.8) is 0 Å². The van der Waals surface area contributed by atoms with Crippen LogP contribution in [0.1, 0.15) is 23.2 Å². The molecule has 1 saturated carbocycles. The number of hydrogen-bond acceptors (Lipinski definition) is 5. The van der Waals surface area contributed by atoms with Gasteiger partial charge in [0.1, 0.15) is 0 Å². The zero-order valence-electron chi connectivity index (χ0n) is 15.6. The van der Waals surface area contributed by atoms with E-state index in [4.69, 9.17) is 4.74 Å². The standard InChI is InChI=1S/C19H28N4O3/c1-22(2)17-6-5-15(21-18(24)14-3-4-14)13-16(17)19(25)20-7-8-23-9-11-26-12-10-23/h5-6,13-14H,3-4,7-12H2,1-2H3,(H,20,25)(H,21,24). The van der Waals surface area contributed by atoms with Gasteiger partial charge in [-0.2, -0.15) is 0 Å². The molecule has 1 heterocycles. The molecule has 1 aliphatic heterocycles. The zero-order chi connectivity index (χ0) is 18.5. The van der Waals surface area contributed by atoms with E-state index in [9.17, 15) is 9.59 Å². The predicted octanol–water partition coefficient (Wildman–Crippen LogP) is 1.16. The molecule has 1 aromatic carbocycles. The first-order chi connectivity index (χ1) is 12.5. The Morgan fingerprint density at radius 2 is 1.96 bits per heavy atom. The van der Waals surface area contributed by atoms with E-state index in [1.807, 2.05) is 31.1 Å². The molecule has 7 heteroatoms. The van der Waals surface area contributed by atoms with Crippen molar-refractivity contribution in [2.45, 2.75) is 12.8 Å². The van der Waals surface area contributed by atoms with Crippen LogP contribution in [0.25, 0.3) is 0 Å². The minimum absolute atomic E-state index is 0.0429. The average molecular weight is 360 g/mol. The van der Waals surface area contributed by atoms with Crippen LogP contribution in [0.3, 0.4) is 0 Å². The molecule has 0 radical (unpaired) electrons. The van der Waals surface area contributed by atoms with Crippen LogP contribution in [-0.2, 0) is 9.53 Å². The number of ether oxygens (including phenoxy) is 1. The average Bonchev–Trinajstić information content (AvgIpc) is 3.47. The molecule has 142 valence electrons. The Bertz CT molecular complexity index is 652. The lowest BCUT2D eigenvalue weighted by molar-refractivity contribution is -0.117. The Morgan fingerprint density at radius 1 is 1.23 bits per heavy atom. The highest BCUT2D eigenvalue weighted by atomic mass is 16.5. The van der Waals surface area contributed by atoms with Crippen molar-refractivity contribution in [2.75, 3.05) is 63.7 Å². The second kappa shape index (κ2) is 8.51. The number of rotatable bonds is 7. The number of carbonyl (C=O) groups excluding carboxylic acids is 2. The number of nitrogens with zero attached hydrogens (tertiary/aromatic N) is 2. The van der Waals surface area contributed by atoms with E-state index in [1.165, 1.54) is 0 Å². The van der Waals surface area contributed by atoms with E-state index in [-0.39, 0.29) is 17.7 Å². The molecule has 2 fully saturated rings. The number of anilines is 2. The van der Waals surface area contributed by atoms with Crippen molar-refractivity contribution >= 4 is 23.2 Å². The molecular weight excluding hydrogens is 332 g/mol. The predicted molar refractivity (Wildman–Crippen MR) is 102 cm³/mol. The highest BCUT2D eigenvalue weighted by Gasteiger charge is 2.29. The van der Waals surface area contributed by atoms with Gasteiger partial charge in [-0.05, 0) is 31.0 Å². The van der Waals surface area contributed by atoms with Gasteiger partial charge in [0.25, 0.3) is 5.91 Å². The van der Waals surface area contributed by atoms with Crippen LogP contribution in [0, 0.1) is 5.92 Å². The summed E-state index contributed by atoms with van der Waals surface area (Å²) in [4.78, 5) is 28.9. The van der Waals surface area contributed by atoms with Crippen LogP contribution >= 0.6 is 0 Å². The quantitative estimate of drug-likeness (QED) is 0.763. The highest BCUT2D eigenvalue weighted by Crippen LogP contribution is 2.31. The van der Waals surface area contributed by atoms with Gasteiger partial charge < -0.3 is 20.3 Å². The molecule has 0 unspecified atom stereocenters. The van der Waals surface area contributed by atoms with Crippen LogP contribution in [0.4, 0.5) is 11.4 Å². The monoisotopic (exact) mass is 360 g/mol. The van der Waals surface area contributed by atoms with E-state index >= 15 is 0 Å². The maximum Gasteiger partial charge on any atom is 0.253 e. The van der Waals surface area contributed by atoms with E-state index < -0.39 is 0 Å². The van der Waals surface area contributed by atoms with Gasteiger partial charge in [0, 0.05) is 57.6 Å². The number of nitrogens with one attached hydrogen (secondary N) is 2. The van der Waals surface area contributed by atoms with Crippen molar-refractivity contribution in [1.82, 2.24) is 10.2 Å². The van der Waals surface area contributed by atoms with E-state index in [1.54, 1.807) is 6.07 Å². The second-order valence-electron chi connectivity index (χ2n) is 7.10. The maximum absolute atomic E-state index is 12.7. The molecule has 2 N–H and O–H groups in total. The van der Waals surface area contributed by atoms with E-state index in [0.29, 0.717) is 17.8 Å². The minimum Gasteiger partial charge on any atom is -0.379 e. The zero-order valence-corrected chi connectivity index (χ0v) is 15.6. The summed E-state index contributed by atoms with van der Waals surface area (Å²) in [5, 5.41) is 5.91. The molecule has 0 bridgehead atoms. The molecule has 1 saturated heterocycles. The molecule has 0 atom stereocenters. The van der Waals surface area contributed by atoms with Gasteiger partial charge >= 0.3 is 0 Å². The lowest BCUT2D eigenvalue weighted by atomic mass is 10.1. The summed E-state index contributed by atoms with van der Waals surface area (Å²) < 4.78 is 5.34. The third-order valence-corrected chi connectivity index (χ3v) is 4.76. The topological polar surface area (TPSA) is 73.9 Å². The first kappa shape index (κ1) is 18.7. The Morgan fingerprint density at radius 3 is 2.62 bits per heavy atom. The number of benzene rings is 1. The lowest BCUT2D eigenvalue weighted by Crippen LogP contribution is -2.41. The largest absolute Gasteiger partial charge is 0.379 e. The summed E-state index contributed by atoms with van der Waals surface area (Å²) in [6.45, 7) is 4.71. The smallest absolute Gasteiger partial charge is 0.253 e. The fourth-order valence-electron chi connectivity index (χ4n) is 3.02. The van der Waals surface area contributed by atoms with E-state index in [2.05, 4.69) is 15.5 Å². The fraction of sp³-hybridized carbons (Fsp3) is 0.579. The number of hydrogen-bond donors (Lipinski definition) is 2. The molecule has 3 rings (SSSR count). The summed E-state index contributed by atoms with van der Waals surface area (Å²) in [6, 6.07) is 5.49. The van der Waals surface area contributed by atoms with Gasteiger partial charge in [0.2, 0.25) is 5.91 Å². The van der Waals surface area contributed by atoms with Gasteiger partial charge in [-0.25, -0.2) is 0 Å².